The second-order valence-corrected chi connectivity index (χ2v) is 4.84. The highest BCUT2D eigenvalue weighted by atomic mass is 16.5. The van der Waals surface area contributed by atoms with Gasteiger partial charge in [0.05, 0.1) is 0 Å². The van der Waals surface area contributed by atoms with Crippen LogP contribution in [0.3, 0.4) is 0 Å². The lowest BCUT2D eigenvalue weighted by molar-refractivity contribution is 0.441. The first-order chi connectivity index (χ1) is 9.06. The van der Waals surface area contributed by atoms with E-state index in [2.05, 4.69) is 0 Å². The number of ether oxygens (including phenoxy) is 1. The summed E-state index contributed by atoms with van der Waals surface area (Å²) in [5.41, 5.74) is 4.14. The summed E-state index contributed by atoms with van der Waals surface area (Å²) in [5, 5.41) is 19.1. The molecule has 0 aliphatic carbocycles. The fourth-order valence-electron chi connectivity index (χ4n) is 2.41. The minimum Gasteiger partial charge on any atom is -0.508 e. The Morgan fingerprint density at radius 2 is 1.32 bits per heavy atom. The van der Waals surface area contributed by atoms with Crippen LogP contribution in [0.5, 0.6) is 23.0 Å². The minimum atomic E-state index is 0.162. The number of hydrogen-bond acceptors (Lipinski definition) is 3. The number of fused-ring (bicyclic) bond motifs is 2. The van der Waals surface area contributed by atoms with Gasteiger partial charge in [-0.3, -0.25) is 0 Å². The summed E-state index contributed by atoms with van der Waals surface area (Å²) in [6, 6.07) is 10.2. The highest BCUT2D eigenvalue weighted by Gasteiger charge is 2.23. The van der Waals surface area contributed by atoms with Gasteiger partial charge < -0.3 is 14.9 Å². The van der Waals surface area contributed by atoms with Gasteiger partial charge in [-0.15, -0.1) is 0 Å². The number of aromatic hydroxyl groups is 2. The van der Waals surface area contributed by atoms with Crippen molar-refractivity contribution in [3.63, 3.8) is 0 Å². The van der Waals surface area contributed by atoms with Crippen molar-refractivity contribution in [1.29, 1.82) is 0 Å². The molecular formula is C16H14O3. The zero-order valence-electron chi connectivity index (χ0n) is 10.8. The average Bonchev–Trinajstić information content (AvgIpc) is 2.35. The molecule has 2 aromatic rings. The fourth-order valence-corrected chi connectivity index (χ4v) is 2.41. The first kappa shape index (κ1) is 11.7. The van der Waals surface area contributed by atoms with E-state index >= 15 is 0 Å². The van der Waals surface area contributed by atoms with Crippen LogP contribution in [-0.4, -0.2) is 10.2 Å². The number of phenols is 2. The standard InChI is InChI=1S/C16H14O3/c1-9(2)16-12-5-3-10(17)7-14(12)19-15-8-11(18)4-6-13(15)16/h3-8,17-18H,1-2H3. The van der Waals surface area contributed by atoms with E-state index in [0.29, 0.717) is 11.5 Å². The molecule has 3 heteroatoms. The molecule has 0 saturated heterocycles. The Morgan fingerprint density at radius 3 is 1.74 bits per heavy atom. The van der Waals surface area contributed by atoms with Gasteiger partial charge in [0.2, 0.25) is 0 Å². The van der Waals surface area contributed by atoms with E-state index in [0.717, 1.165) is 22.3 Å². The van der Waals surface area contributed by atoms with Gasteiger partial charge in [-0.1, -0.05) is 5.57 Å². The summed E-state index contributed by atoms with van der Waals surface area (Å²) in [6.45, 7) is 4.07. The van der Waals surface area contributed by atoms with Crippen LogP contribution in [0.25, 0.3) is 5.57 Å². The van der Waals surface area contributed by atoms with Crippen LogP contribution in [0.1, 0.15) is 25.0 Å². The van der Waals surface area contributed by atoms with Crippen LogP contribution in [-0.2, 0) is 0 Å². The van der Waals surface area contributed by atoms with E-state index in [1.54, 1.807) is 24.3 Å². The third kappa shape index (κ3) is 1.83. The van der Waals surface area contributed by atoms with E-state index in [1.165, 1.54) is 0 Å². The monoisotopic (exact) mass is 254 g/mol. The van der Waals surface area contributed by atoms with Gasteiger partial charge in [0.15, 0.2) is 0 Å². The molecule has 0 bridgehead atoms. The quantitative estimate of drug-likeness (QED) is 0.636. The maximum atomic E-state index is 9.57. The molecule has 0 spiro atoms. The number of benzene rings is 2. The Bertz CT molecular complexity index is 642. The molecule has 0 atom stereocenters. The van der Waals surface area contributed by atoms with Crippen LogP contribution in [0.4, 0.5) is 0 Å². The molecule has 1 heterocycles. The Labute approximate surface area is 111 Å². The fraction of sp³-hybridized carbons (Fsp3) is 0.125. The van der Waals surface area contributed by atoms with E-state index in [9.17, 15) is 10.2 Å². The summed E-state index contributed by atoms with van der Waals surface area (Å²) < 4.78 is 5.77. The van der Waals surface area contributed by atoms with Crippen molar-refractivity contribution >= 4 is 5.57 Å². The lowest BCUT2D eigenvalue weighted by atomic mass is 9.90. The first-order valence-electron chi connectivity index (χ1n) is 6.08. The summed E-state index contributed by atoms with van der Waals surface area (Å²) in [4.78, 5) is 0. The number of phenolic OH excluding ortho intramolecular Hbond substituents is 2. The normalized spacial score (nSPS) is 12.4. The molecular weight excluding hydrogens is 240 g/mol. The summed E-state index contributed by atoms with van der Waals surface area (Å²) in [6.07, 6.45) is 0. The van der Waals surface area contributed by atoms with Gasteiger partial charge in [-0.2, -0.15) is 0 Å². The van der Waals surface area contributed by atoms with E-state index in [4.69, 9.17) is 4.74 Å². The highest BCUT2D eigenvalue weighted by Crippen LogP contribution is 2.46. The number of allylic oxidation sites excluding steroid dienone is 1. The Morgan fingerprint density at radius 1 is 0.842 bits per heavy atom. The van der Waals surface area contributed by atoms with Gasteiger partial charge >= 0.3 is 0 Å². The molecule has 19 heavy (non-hydrogen) atoms. The second kappa shape index (κ2) is 4.05. The van der Waals surface area contributed by atoms with Crippen LogP contribution in [0, 0.1) is 0 Å². The maximum absolute atomic E-state index is 9.57. The molecule has 0 aromatic heterocycles. The molecule has 1 aliphatic rings. The lowest BCUT2D eigenvalue weighted by Crippen LogP contribution is -2.03. The Balaban J connectivity index is 2.30. The van der Waals surface area contributed by atoms with Crippen molar-refractivity contribution < 1.29 is 14.9 Å². The molecule has 2 aromatic carbocycles. The largest absolute Gasteiger partial charge is 0.508 e. The SMILES string of the molecule is CC(C)=C1c2ccc(O)cc2Oc2cc(O)ccc21. The van der Waals surface area contributed by atoms with Crippen molar-refractivity contribution in [2.75, 3.05) is 0 Å². The zero-order chi connectivity index (χ0) is 13.6. The van der Waals surface area contributed by atoms with Gasteiger partial charge in [0.25, 0.3) is 0 Å². The van der Waals surface area contributed by atoms with Gasteiger partial charge in [0.1, 0.15) is 23.0 Å². The zero-order valence-corrected chi connectivity index (χ0v) is 10.8. The van der Waals surface area contributed by atoms with Crippen molar-refractivity contribution in [1.82, 2.24) is 0 Å². The molecule has 1 aliphatic heterocycles. The molecule has 0 saturated carbocycles. The second-order valence-electron chi connectivity index (χ2n) is 4.84. The van der Waals surface area contributed by atoms with E-state index < -0.39 is 0 Å². The molecule has 3 nitrogen and oxygen atoms in total. The molecule has 0 radical (unpaired) electrons. The molecule has 0 amide bonds. The van der Waals surface area contributed by atoms with Crippen LogP contribution < -0.4 is 4.74 Å². The highest BCUT2D eigenvalue weighted by molar-refractivity contribution is 5.89. The van der Waals surface area contributed by atoms with Crippen LogP contribution in [0.2, 0.25) is 0 Å². The third-order valence-corrected chi connectivity index (χ3v) is 3.19. The van der Waals surface area contributed by atoms with Crippen molar-refractivity contribution in [2.24, 2.45) is 0 Å². The van der Waals surface area contributed by atoms with E-state index in [-0.39, 0.29) is 11.5 Å². The molecule has 96 valence electrons. The number of hydrogen-bond donors (Lipinski definition) is 2. The summed E-state index contributed by atoms with van der Waals surface area (Å²) >= 11 is 0. The topological polar surface area (TPSA) is 49.7 Å². The summed E-state index contributed by atoms with van der Waals surface area (Å²) in [7, 11) is 0. The van der Waals surface area contributed by atoms with Crippen molar-refractivity contribution in [3.05, 3.63) is 53.1 Å². The molecule has 3 rings (SSSR count). The predicted molar refractivity (Wildman–Crippen MR) is 73.7 cm³/mol. The summed E-state index contributed by atoms with van der Waals surface area (Å²) in [5.74, 6) is 1.54. The van der Waals surface area contributed by atoms with Crippen molar-refractivity contribution in [3.8, 4) is 23.0 Å². The van der Waals surface area contributed by atoms with Crippen LogP contribution in [0.15, 0.2) is 42.0 Å². The molecule has 0 fully saturated rings. The van der Waals surface area contributed by atoms with Gasteiger partial charge in [0, 0.05) is 23.3 Å². The van der Waals surface area contributed by atoms with Crippen molar-refractivity contribution in [2.45, 2.75) is 13.8 Å². The first-order valence-corrected chi connectivity index (χ1v) is 6.08. The average molecular weight is 254 g/mol. The number of rotatable bonds is 0. The van der Waals surface area contributed by atoms with Gasteiger partial charge in [-0.05, 0) is 43.7 Å². The van der Waals surface area contributed by atoms with Gasteiger partial charge in [-0.25, -0.2) is 0 Å². The third-order valence-electron chi connectivity index (χ3n) is 3.19. The minimum absolute atomic E-state index is 0.162. The lowest BCUT2D eigenvalue weighted by Gasteiger charge is -2.24. The molecule has 2 N–H and O–H groups in total. The predicted octanol–water partition coefficient (Wildman–Crippen LogP) is 4.05. The molecule has 0 unspecified atom stereocenters. The maximum Gasteiger partial charge on any atom is 0.138 e. The smallest absolute Gasteiger partial charge is 0.138 e. The Hall–Kier alpha value is -2.42. The Kier molecular flexibility index (Phi) is 2.49. The van der Waals surface area contributed by atoms with Crippen LogP contribution >= 0.6 is 0 Å². The van der Waals surface area contributed by atoms with E-state index in [1.807, 2.05) is 26.0 Å².